The molecule has 1 aliphatic carbocycles. The molecule has 2 N–H and O–H groups in total. The Kier molecular flexibility index (Phi) is 4.00. The highest BCUT2D eigenvalue weighted by Gasteiger charge is 2.47. The van der Waals surface area contributed by atoms with E-state index in [1.165, 1.54) is 0 Å². The minimum Gasteiger partial charge on any atom is -0.374 e. The maximum Gasteiger partial charge on any atom is 0.391 e. The second-order valence-electron chi connectivity index (χ2n) is 4.16. The molecule has 0 amide bonds. The largest absolute Gasteiger partial charge is 0.391 e. The van der Waals surface area contributed by atoms with E-state index in [9.17, 15) is 13.2 Å². The summed E-state index contributed by atoms with van der Waals surface area (Å²) in [5, 5.41) is 0. The third-order valence-electron chi connectivity index (χ3n) is 3.09. The normalized spacial score (nSPS) is 33.0. The van der Waals surface area contributed by atoms with Gasteiger partial charge >= 0.3 is 6.18 Å². The van der Waals surface area contributed by atoms with E-state index in [2.05, 4.69) is 0 Å². The first-order valence-corrected chi connectivity index (χ1v) is 5.34. The number of halogens is 3. The van der Waals surface area contributed by atoms with E-state index in [4.69, 9.17) is 10.5 Å². The van der Waals surface area contributed by atoms with Gasteiger partial charge in [0.05, 0.1) is 11.5 Å². The Morgan fingerprint density at radius 1 is 1.47 bits per heavy atom. The van der Waals surface area contributed by atoms with Gasteiger partial charge in [0.1, 0.15) is 0 Å². The van der Waals surface area contributed by atoms with E-state index >= 15 is 0 Å². The molecule has 2 unspecified atom stereocenters. The second kappa shape index (κ2) is 4.70. The molecule has 1 fully saturated rings. The lowest BCUT2D eigenvalue weighted by Gasteiger charge is -2.40. The summed E-state index contributed by atoms with van der Waals surface area (Å²) in [5.74, 6) is -1.25. The molecule has 0 aliphatic heterocycles. The Bertz CT molecular complexity index is 203. The predicted molar refractivity (Wildman–Crippen MR) is 51.4 cm³/mol. The summed E-state index contributed by atoms with van der Waals surface area (Å²) >= 11 is 0. The Morgan fingerprint density at radius 3 is 2.60 bits per heavy atom. The fraction of sp³-hybridized carbons (Fsp3) is 1.00. The minimum atomic E-state index is -4.11. The van der Waals surface area contributed by atoms with E-state index in [-0.39, 0.29) is 19.4 Å². The van der Waals surface area contributed by atoms with E-state index in [1.54, 1.807) is 6.92 Å². The first-order valence-electron chi connectivity index (χ1n) is 5.34. The molecule has 0 spiro atoms. The molecule has 5 heteroatoms. The van der Waals surface area contributed by atoms with Crippen molar-refractivity contribution in [1.29, 1.82) is 0 Å². The van der Waals surface area contributed by atoms with Crippen LogP contribution in [-0.2, 0) is 4.74 Å². The lowest BCUT2D eigenvalue weighted by molar-refractivity contribution is -0.205. The molecule has 1 rings (SSSR count). The average Bonchev–Trinajstić information content (AvgIpc) is 2.17. The molecule has 1 saturated carbocycles. The van der Waals surface area contributed by atoms with Crippen LogP contribution in [0.3, 0.4) is 0 Å². The van der Waals surface area contributed by atoms with Crippen molar-refractivity contribution >= 4 is 0 Å². The molecule has 0 aromatic rings. The van der Waals surface area contributed by atoms with Crippen molar-refractivity contribution in [2.75, 3.05) is 13.2 Å². The summed E-state index contributed by atoms with van der Waals surface area (Å²) in [7, 11) is 0. The number of hydrogen-bond acceptors (Lipinski definition) is 2. The second-order valence-corrected chi connectivity index (χ2v) is 4.16. The maximum atomic E-state index is 12.6. The summed E-state index contributed by atoms with van der Waals surface area (Å²) < 4.78 is 43.1. The van der Waals surface area contributed by atoms with Crippen molar-refractivity contribution < 1.29 is 17.9 Å². The van der Waals surface area contributed by atoms with E-state index in [0.29, 0.717) is 19.4 Å². The van der Waals surface area contributed by atoms with Gasteiger partial charge in [0, 0.05) is 13.2 Å². The van der Waals surface area contributed by atoms with Crippen LogP contribution < -0.4 is 5.73 Å². The van der Waals surface area contributed by atoms with Crippen LogP contribution in [0.15, 0.2) is 0 Å². The average molecular weight is 225 g/mol. The van der Waals surface area contributed by atoms with Gasteiger partial charge in [0.2, 0.25) is 0 Å². The van der Waals surface area contributed by atoms with Gasteiger partial charge < -0.3 is 10.5 Å². The molecule has 1 aliphatic rings. The van der Waals surface area contributed by atoms with Gasteiger partial charge in [-0.15, -0.1) is 0 Å². The number of nitrogens with two attached hydrogens (primary N) is 1. The highest BCUT2D eigenvalue weighted by Crippen LogP contribution is 2.42. The quantitative estimate of drug-likeness (QED) is 0.800. The lowest BCUT2D eigenvalue weighted by atomic mass is 9.77. The summed E-state index contributed by atoms with van der Waals surface area (Å²) in [6, 6.07) is 0. The number of rotatable bonds is 3. The van der Waals surface area contributed by atoms with Crippen molar-refractivity contribution in [2.24, 2.45) is 11.7 Å². The Morgan fingerprint density at radius 2 is 2.13 bits per heavy atom. The highest BCUT2D eigenvalue weighted by molar-refractivity contribution is 4.91. The molecule has 15 heavy (non-hydrogen) atoms. The Labute approximate surface area is 88.0 Å². The lowest BCUT2D eigenvalue weighted by Crippen LogP contribution is -2.47. The molecule has 2 atom stereocenters. The summed E-state index contributed by atoms with van der Waals surface area (Å²) in [5.41, 5.74) is 4.79. The standard InChI is InChI=1S/C10H18F3NO/c1-2-15-9(7-14)5-3-4-8(6-9)10(11,12)13/h8H,2-7,14H2,1H3. The topological polar surface area (TPSA) is 35.2 Å². The van der Waals surface area contributed by atoms with Crippen molar-refractivity contribution in [1.82, 2.24) is 0 Å². The fourth-order valence-corrected chi connectivity index (χ4v) is 2.28. The minimum absolute atomic E-state index is 0.0147. The van der Waals surface area contributed by atoms with Gasteiger partial charge in [-0.3, -0.25) is 0 Å². The first kappa shape index (κ1) is 12.8. The van der Waals surface area contributed by atoms with Crippen LogP contribution in [0.4, 0.5) is 13.2 Å². The zero-order chi connectivity index (χ0) is 11.5. The highest BCUT2D eigenvalue weighted by atomic mass is 19.4. The van der Waals surface area contributed by atoms with Gasteiger partial charge in [-0.1, -0.05) is 0 Å². The van der Waals surface area contributed by atoms with Crippen molar-refractivity contribution in [3.63, 3.8) is 0 Å². The van der Waals surface area contributed by atoms with Crippen LogP contribution in [0.25, 0.3) is 0 Å². The monoisotopic (exact) mass is 225 g/mol. The van der Waals surface area contributed by atoms with Crippen LogP contribution in [-0.4, -0.2) is 24.9 Å². The molecule has 0 saturated heterocycles. The van der Waals surface area contributed by atoms with E-state index in [1.807, 2.05) is 0 Å². The smallest absolute Gasteiger partial charge is 0.374 e. The third kappa shape index (κ3) is 3.08. The van der Waals surface area contributed by atoms with Gasteiger partial charge in [0.15, 0.2) is 0 Å². The van der Waals surface area contributed by atoms with E-state index in [0.717, 1.165) is 0 Å². The predicted octanol–water partition coefficient (Wildman–Crippen LogP) is 2.47. The molecule has 0 radical (unpaired) electrons. The molecular weight excluding hydrogens is 207 g/mol. The zero-order valence-corrected chi connectivity index (χ0v) is 8.94. The molecular formula is C10H18F3NO. The molecule has 0 aromatic carbocycles. The van der Waals surface area contributed by atoms with Crippen molar-refractivity contribution in [3.8, 4) is 0 Å². The Hall–Kier alpha value is -0.290. The summed E-state index contributed by atoms with van der Waals surface area (Å²) in [4.78, 5) is 0. The summed E-state index contributed by atoms with van der Waals surface area (Å²) in [6.45, 7) is 2.38. The molecule has 0 bridgehead atoms. The number of alkyl halides is 3. The Balaban J connectivity index is 2.68. The van der Waals surface area contributed by atoms with Crippen molar-refractivity contribution in [2.45, 2.75) is 44.4 Å². The van der Waals surface area contributed by atoms with Crippen LogP contribution in [0.2, 0.25) is 0 Å². The molecule has 0 aromatic heterocycles. The zero-order valence-electron chi connectivity index (χ0n) is 8.94. The van der Waals surface area contributed by atoms with Crippen molar-refractivity contribution in [3.05, 3.63) is 0 Å². The van der Waals surface area contributed by atoms with Gasteiger partial charge in [0.25, 0.3) is 0 Å². The first-order chi connectivity index (χ1) is 6.93. The van der Waals surface area contributed by atoms with Gasteiger partial charge in [-0.25, -0.2) is 0 Å². The molecule has 90 valence electrons. The van der Waals surface area contributed by atoms with Crippen LogP contribution in [0.5, 0.6) is 0 Å². The van der Waals surface area contributed by atoms with Crippen LogP contribution in [0, 0.1) is 5.92 Å². The number of hydrogen-bond donors (Lipinski definition) is 1. The maximum absolute atomic E-state index is 12.6. The van der Waals surface area contributed by atoms with Gasteiger partial charge in [-0.2, -0.15) is 13.2 Å². The SMILES string of the molecule is CCOC1(CN)CCCC(C(F)(F)F)C1. The van der Waals surface area contributed by atoms with Crippen LogP contribution >= 0.6 is 0 Å². The molecule has 0 heterocycles. The third-order valence-corrected chi connectivity index (χ3v) is 3.09. The van der Waals surface area contributed by atoms with Gasteiger partial charge in [-0.05, 0) is 32.6 Å². The molecule has 2 nitrogen and oxygen atoms in total. The van der Waals surface area contributed by atoms with E-state index < -0.39 is 17.7 Å². The fourth-order valence-electron chi connectivity index (χ4n) is 2.28. The number of ether oxygens (including phenoxy) is 1. The van der Waals surface area contributed by atoms with Crippen LogP contribution in [0.1, 0.15) is 32.6 Å². The summed E-state index contributed by atoms with van der Waals surface area (Å²) in [6.07, 6.45) is -2.71.